The zero-order valence-electron chi connectivity index (χ0n) is 9.82. The highest BCUT2D eigenvalue weighted by atomic mass is 79.9. The van der Waals surface area contributed by atoms with E-state index in [0.29, 0.717) is 5.69 Å². The zero-order chi connectivity index (χ0) is 13.1. The average molecular weight is 310 g/mol. The molecule has 2 aromatic rings. The third kappa shape index (κ3) is 3.01. The minimum atomic E-state index is -0.624. The third-order valence-electron chi connectivity index (χ3n) is 2.68. The lowest BCUT2D eigenvalue weighted by atomic mass is 10.1. The summed E-state index contributed by atoms with van der Waals surface area (Å²) in [6.45, 7) is 1.99. The fourth-order valence-corrected chi connectivity index (χ4v) is 2.12. The maximum absolute atomic E-state index is 13.2. The van der Waals surface area contributed by atoms with Crippen LogP contribution in [0.15, 0.2) is 46.9 Å². The molecule has 0 radical (unpaired) electrons. The van der Waals surface area contributed by atoms with Gasteiger partial charge in [-0.15, -0.1) is 0 Å². The summed E-state index contributed by atoms with van der Waals surface area (Å²) in [6.07, 6.45) is 0. The molecule has 1 atom stereocenters. The molecule has 2 N–H and O–H groups in total. The van der Waals surface area contributed by atoms with Crippen LogP contribution in [-0.2, 0) is 0 Å². The number of hydrogen-bond donors (Lipinski definition) is 2. The van der Waals surface area contributed by atoms with E-state index in [1.165, 1.54) is 12.1 Å². The lowest BCUT2D eigenvalue weighted by Crippen LogP contribution is -2.06. The van der Waals surface area contributed by atoms with Crippen molar-refractivity contribution in [2.24, 2.45) is 0 Å². The Hall–Kier alpha value is -1.55. The van der Waals surface area contributed by atoms with Crippen molar-refractivity contribution in [3.05, 3.63) is 58.3 Å². The minimum Gasteiger partial charge on any atom is -0.505 e. The SMILES string of the molecule is CC(Nc1ccc(O)c(F)c1)c1cccc(Br)c1. The van der Waals surface area contributed by atoms with Crippen molar-refractivity contribution in [2.45, 2.75) is 13.0 Å². The Morgan fingerprint density at radius 1 is 1.22 bits per heavy atom. The van der Waals surface area contributed by atoms with Gasteiger partial charge in [0.25, 0.3) is 0 Å². The fraction of sp³-hybridized carbons (Fsp3) is 0.143. The summed E-state index contributed by atoms with van der Waals surface area (Å²) in [4.78, 5) is 0. The Kier molecular flexibility index (Phi) is 3.87. The van der Waals surface area contributed by atoms with Crippen molar-refractivity contribution in [1.29, 1.82) is 0 Å². The Morgan fingerprint density at radius 2 is 2.00 bits per heavy atom. The second kappa shape index (κ2) is 5.40. The van der Waals surface area contributed by atoms with Crippen LogP contribution in [-0.4, -0.2) is 5.11 Å². The van der Waals surface area contributed by atoms with Crippen LogP contribution in [0.5, 0.6) is 5.75 Å². The number of aromatic hydroxyl groups is 1. The molecule has 0 bridgehead atoms. The molecular formula is C14H13BrFNO. The number of anilines is 1. The normalized spacial score (nSPS) is 12.2. The van der Waals surface area contributed by atoms with E-state index < -0.39 is 5.82 Å². The average Bonchev–Trinajstić information content (AvgIpc) is 2.34. The summed E-state index contributed by atoms with van der Waals surface area (Å²) in [5.74, 6) is -0.961. The van der Waals surface area contributed by atoms with Gasteiger partial charge in [0, 0.05) is 22.3 Å². The first-order valence-corrected chi connectivity index (χ1v) is 6.36. The van der Waals surface area contributed by atoms with Gasteiger partial charge in [0.15, 0.2) is 11.6 Å². The van der Waals surface area contributed by atoms with E-state index in [4.69, 9.17) is 5.11 Å². The van der Waals surface area contributed by atoms with Crippen molar-refractivity contribution < 1.29 is 9.50 Å². The molecule has 0 heterocycles. The smallest absolute Gasteiger partial charge is 0.166 e. The van der Waals surface area contributed by atoms with E-state index in [1.54, 1.807) is 6.07 Å². The molecule has 18 heavy (non-hydrogen) atoms. The summed E-state index contributed by atoms with van der Waals surface area (Å²) in [5.41, 5.74) is 1.73. The van der Waals surface area contributed by atoms with Gasteiger partial charge < -0.3 is 10.4 Å². The van der Waals surface area contributed by atoms with Gasteiger partial charge in [-0.2, -0.15) is 0 Å². The van der Waals surface area contributed by atoms with Crippen LogP contribution in [0.4, 0.5) is 10.1 Å². The summed E-state index contributed by atoms with van der Waals surface area (Å²) < 4.78 is 14.2. The number of halogens is 2. The van der Waals surface area contributed by atoms with Gasteiger partial charge in [-0.05, 0) is 36.8 Å². The van der Waals surface area contributed by atoms with Crippen molar-refractivity contribution in [1.82, 2.24) is 0 Å². The molecule has 0 aliphatic carbocycles. The van der Waals surface area contributed by atoms with E-state index in [-0.39, 0.29) is 11.8 Å². The first-order chi connectivity index (χ1) is 8.56. The molecule has 0 amide bonds. The van der Waals surface area contributed by atoms with Crippen LogP contribution in [0.2, 0.25) is 0 Å². The van der Waals surface area contributed by atoms with Crippen LogP contribution < -0.4 is 5.32 Å². The number of rotatable bonds is 3. The molecule has 0 spiro atoms. The van der Waals surface area contributed by atoms with Gasteiger partial charge >= 0.3 is 0 Å². The van der Waals surface area contributed by atoms with E-state index >= 15 is 0 Å². The Labute approximate surface area is 114 Å². The molecule has 0 aliphatic heterocycles. The number of nitrogens with one attached hydrogen (secondary N) is 1. The van der Waals surface area contributed by atoms with Gasteiger partial charge in [0.2, 0.25) is 0 Å². The molecule has 0 saturated carbocycles. The Morgan fingerprint density at radius 3 is 2.67 bits per heavy atom. The molecule has 0 aromatic heterocycles. The topological polar surface area (TPSA) is 32.3 Å². The minimum absolute atomic E-state index is 0.0476. The Balaban J connectivity index is 2.16. The van der Waals surface area contributed by atoms with Crippen LogP contribution in [0, 0.1) is 5.82 Å². The molecule has 0 fully saturated rings. The number of phenolic OH excluding ortho intramolecular Hbond substituents is 1. The highest BCUT2D eigenvalue weighted by Gasteiger charge is 2.07. The van der Waals surface area contributed by atoms with Crippen molar-refractivity contribution in [2.75, 3.05) is 5.32 Å². The van der Waals surface area contributed by atoms with E-state index in [2.05, 4.69) is 21.2 Å². The summed E-state index contributed by atoms with van der Waals surface area (Å²) in [7, 11) is 0. The summed E-state index contributed by atoms with van der Waals surface area (Å²) >= 11 is 3.42. The molecular weight excluding hydrogens is 297 g/mol. The fourth-order valence-electron chi connectivity index (χ4n) is 1.71. The van der Waals surface area contributed by atoms with Crippen molar-refractivity contribution in [3.8, 4) is 5.75 Å². The summed E-state index contributed by atoms with van der Waals surface area (Å²) in [6, 6.07) is 12.2. The predicted octanol–water partition coefficient (Wildman–Crippen LogP) is 4.47. The van der Waals surface area contributed by atoms with Crippen LogP contribution in [0.25, 0.3) is 0 Å². The van der Waals surface area contributed by atoms with Crippen molar-refractivity contribution >= 4 is 21.6 Å². The quantitative estimate of drug-likeness (QED) is 0.820. The van der Waals surface area contributed by atoms with E-state index in [1.807, 2.05) is 31.2 Å². The number of hydrogen-bond acceptors (Lipinski definition) is 2. The molecule has 1 unspecified atom stereocenters. The van der Waals surface area contributed by atoms with Crippen LogP contribution >= 0.6 is 15.9 Å². The van der Waals surface area contributed by atoms with E-state index in [0.717, 1.165) is 10.0 Å². The molecule has 0 saturated heterocycles. The van der Waals surface area contributed by atoms with Gasteiger partial charge in [-0.1, -0.05) is 28.1 Å². The highest BCUT2D eigenvalue weighted by molar-refractivity contribution is 9.10. The lowest BCUT2D eigenvalue weighted by Gasteiger charge is -2.16. The number of benzene rings is 2. The first-order valence-electron chi connectivity index (χ1n) is 5.57. The predicted molar refractivity (Wildman–Crippen MR) is 74.2 cm³/mol. The van der Waals surface area contributed by atoms with Gasteiger partial charge in [-0.3, -0.25) is 0 Å². The first kappa shape index (κ1) is 12.9. The van der Waals surface area contributed by atoms with Crippen molar-refractivity contribution in [3.63, 3.8) is 0 Å². The van der Waals surface area contributed by atoms with Gasteiger partial charge in [0.1, 0.15) is 0 Å². The second-order valence-corrected chi connectivity index (χ2v) is 5.00. The molecule has 4 heteroatoms. The monoisotopic (exact) mass is 309 g/mol. The van der Waals surface area contributed by atoms with Crippen LogP contribution in [0.3, 0.4) is 0 Å². The van der Waals surface area contributed by atoms with Gasteiger partial charge in [-0.25, -0.2) is 4.39 Å². The lowest BCUT2D eigenvalue weighted by molar-refractivity contribution is 0.432. The standard InChI is InChI=1S/C14H13BrFNO/c1-9(10-3-2-4-11(15)7-10)17-12-5-6-14(18)13(16)8-12/h2-9,17-18H,1H3. The van der Waals surface area contributed by atoms with Crippen LogP contribution in [0.1, 0.15) is 18.5 Å². The molecule has 0 aliphatic rings. The number of phenols is 1. The highest BCUT2D eigenvalue weighted by Crippen LogP contribution is 2.24. The maximum atomic E-state index is 13.2. The third-order valence-corrected chi connectivity index (χ3v) is 3.17. The van der Waals surface area contributed by atoms with E-state index in [9.17, 15) is 4.39 Å². The summed E-state index contributed by atoms with van der Waals surface area (Å²) in [5, 5.41) is 12.3. The second-order valence-electron chi connectivity index (χ2n) is 4.09. The Bertz CT molecular complexity index is 559. The molecule has 2 rings (SSSR count). The maximum Gasteiger partial charge on any atom is 0.166 e. The zero-order valence-corrected chi connectivity index (χ0v) is 11.4. The molecule has 2 aromatic carbocycles. The largest absolute Gasteiger partial charge is 0.505 e. The molecule has 2 nitrogen and oxygen atoms in total. The molecule has 94 valence electrons. The van der Waals surface area contributed by atoms with Gasteiger partial charge in [0.05, 0.1) is 0 Å².